The van der Waals surface area contributed by atoms with Gasteiger partial charge in [-0.25, -0.2) is 0 Å². The molecule has 0 atom stereocenters. The molecule has 0 unspecified atom stereocenters. The molecule has 0 bridgehead atoms. The van der Waals surface area contributed by atoms with E-state index < -0.39 is 0 Å². The number of nitrogens with zero attached hydrogens (tertiary/aromatic N) is 1. The van der Waals surface area contributed by atoms with Crippen LogP contribution in [0.25, 0.3) is 0 Å². The molecule has 1 heterocycles. The first-order valence-corrected chi connectivity index (χ1v) is 5.63. The Hall–Kier alpha value is -0.995. The number of hydrogen-bond acceptors (Lipinski definition) is 3. The standard InChI is InChI=1S/C12H16BNO2/c13-11-1-3-12(4-2-11)16-10-7-14-5-8-15-9-6-14/h1-4H,5-10H2. The predicted molar refractivity (Wildman–Crippen MR) is 64.6 cm³/mol. The van der Waals surface area contributed by atoms with Gasteiger partial charge in [0.2, 0.25) is 0 Å². The first-order chi connectivity index (χ1) is 7.84. The van der Waals surface area contributed by atoms with Gasteiger partial charge in [0.15, 0.2) is 0 Å². The summed E-state index contributed by atoms with van der Waals surface area (Å²) in [6.45, 7) is 5.34. The van der Waals surface area contributed by atoms with E-state index in [0.717, 1.165) is 44.1 Å². The van der Waals surface area contributed by atoms with Crippen molar-refractivity contribution in [1.82, 2.24) is 4.90 Å². The Kier molecular flexibility index (Phi) is 4.25. The molecule has 0 spiro atoms. The Balaban J connectivity index is 1.69. The minimum Gasteiger partial charge on any atom is -0.492 e. The van der Waals surface area contributed by atoms with Gasteiger partial charge in [-0.2, -0.15) is 0 Å². The van der Waals surface area contributed by atoms with Crippen LogP contribution < -0.4 is 10.2 Å². The van der Waals surface area contributed by atoms with Crippen molar-refractivity contribution in [2.75, 3.05) is 39.5 Å². The summed E-state index contributed by atoms with van der Waals surface area (Å²) in [6, 6.07) is 7.50. The highest BCUT2D eigenvalue weighted by molar-refractivity contribution is 6.32. The third kappa shape index (κ3) is 3.54. The summed E-state index contributed by atoms with van der Waals surface area (Å²) >= 11 is 0. The van der Waals surface area contributed by atoms with Crippen LogP contribution in [0, 0.1) is 0 Å². The van der Waals surface area contributed by atoms with E-state index >= 15 is 0 Å². The molecular formula is C12H16BNO2. The molecule has 0 amide bonds. The average Bonchev–Trinajstić information content (AvgIpc) is 2.33. The van der Waals surface area contributed by atoms with Crippen molar-refractivity contribution in [3.8, 4) is 5.75 Å². The third-order valence-electron chi connectivity index (χ3n) is 2.66. The van der Waals surface area contributed by atoms with E-state index in [9.17, 15) is 0 Å². The lowest BCUT2D eigenvalue weighted by molar-refractivity contribution is 0.0322. The maximum absolute atomic E-state index is 5.63. The molecule has 84 valence electrons. The molecule has 16 heavy (non-hydrogen) atoms. The van der Waals surface area contributed by atoms with Crippen LogP contribution in [0.15, 0.2) is 24.3 Å². The van der Waals surface area contributed by atoms with Gasteiger partial charge in [-0.05, 0) is 12.1 Å². The van der Waals surface area contributed by atoms with Crippen molar-refractivity contribution in [1.29, 1.82) is 0 Å². The van der Waals surface area contributed by atoms with Crippen molar-refractivity contribution in [2.45, 2.75) is 0 Å². The molecule has 1 saturated heterocycles. The van der Waals surface area contributed by atoms with Crippen molar-refractivity contribution in [2.24, 2.45) is 0 Å². The maximum Gasteiger partial charge on any atom is 0.119 e. The van der Waals surface area contributed by atoms with E-state index in [2.05, 4.69) is 4.90 Å². The van der Waals surface area contributed by atoms with Gasteiger partial charge in [-0.3, -0.25) is 4.90 Å². The highest BCUT2D eigenvalue weighted by atomic mass is 16.5. The molecule has 0 saturated carbocycles. The summed E-state index contributed by atoms with van der Waals surface area (Å²) in [4.78, 5) is 2.35. The Bertz CT molecular complexity index is 309. The van der Waals surface area contributed by atoms with E-state index in [-0.39, 0.29) is 0 Å². The Morgan fingerprint density at radius 2 is 1.88 bits per heavy atom. The molecular weight excluding hydrogens is 201 g/mol. The highest BCUT2D eigenvalue weighted by Crippen LogP contribution is 2.07. The van der Waals surface area contributed by atoms with Crippen LogP contribution in [0.1, 0.15) is 0 Å². The van der Waals surface area contributed by atoms with Gasteiger partial charge in [-0.15, -0.1) is 0 Å². The Labute approximate surface area is 97.8 Å². The van der Waals surface area contributed by atoms with Gasteiger partial charge in [0.05, 0.1) is 13.2 Å². The van der Waals surface area contributed by atoms with E-state index in [0.29, 0.717) is 6.61 Å². The van der Waals surface area contributed by atoms with Crippen LogP contribution in [0.3, 0.4) is 0 Å². The molecule has 1 fully saturated rings. The largest absolute Gasteiger partial charge is 0.492 e. The maximum atomic E-state index is 5.63. The second-order valence-corrected chi connectivity index (χ2v) is 3.87. The van der Waals surface area contributed by atoms with E-state index in [1.54, 1.807) is 0 Å². The molecule has 0 aromatic heterocycles. The molecule has 1 aromatic carbocycles. The van der Waals surface area contributed by atoms with Crippen molar-refractivity contribution in [3.63, 3.8) is 0 Å². The van der Waals surface area contributed by atoms with Crippen LogP contribution in [0.5, 0.6) is 5.75 Å². The van der Waals surface area contributed by atoms with Crippen LogP contribution in [-0.4, -0.2) is 52.2 Å². The van der Waals surface area contributed by atoms with Gasteiger partial charge in [0.25, 0.3) is 0 Å². The predicted octanol–water partition coefficient (Wildman–Crippen LogP) is 0.191. The van der Waals surface area contributed by atoms with Gasteiger partial charge < -0.3 is 9.47 Å². The molecule has 4 heteroatoms. The Morgan fingerprint density at radius 3 is 2.56 bits per heavy atom. The molecule has 0 N–H and O–H groups in total. The second-order valence-electron chi connectivity index (χ2n) is 3.87. The first-order valence-electron chi connectivity index (χ1n) is 5.63. The summed E-state index contributed by atoms with van der Waals surface area (Å²) in [5, 5.41) is 0. The van der Waals surface area contributed by atoms with Crippen LogP contribution in [0.4, 0.5) is 0 Å². The number of morpholine rings is 1. The first kappa shape index (κ1) is 11.5. The van der Waals surface area contributed by atoms with Crippen molar-refractivity contribution in [3.05, 3.63) is 24.3 Å². The molecule has 1 aliphatic heterocycles. The van der Waals surface area contributed by atoms with E-state index in [1.165, 1.54) is 0 Å². The topological polar surface area (TPSA) is 21.7 Å². The van der Waals surface area contributed by atoms with Gasteiger partial charge in [0, 0.05) is 19.6 Å². The second kappa shape index (κ2) is 5.92. The number of rotatable bonds is 4. The minimum atomic E-state index is 0.712. The summed E-state index contributed by atoms with van der Waals surface area (Å²) < 4.78 is 10.9. The molecule has 1 aromatic rings. The van der Waals surface area contributed by atoms with Crippen LogP contribution in [0.2, 0.25) is 0 Å². The molecule has 3 nitrogen and oxygen atoms in total. The zero-order chi connectivity index (χ0) is 11.2. The van der Waals surface area contributed by atoms with Crippen molar-refractivity contribution < 1.29 is 9.47 Å². The number of ether oxygens (including phenoxy) is 2. The number of benzene rings is 1. The zero-order valence-corrected chi connectivity index (χ0v) is 9.39. The number of hydrogen-bond donors (Lipinski definition) is 0. The minimum absolute atomic E-state index is 0.712. The summed E-state index contributed by atoms with van der Waals surface area (Å²) in [7, 11) is 5.59. The average molecular weight is 217 g/mol. The lowest BCUT2D eigenvalue weighted by atomic mass is 9.97. The smallest absolute Gasteiger partial charge is 0.119 e. The van der Waals surface area contributed by atoms with Gasteiger partial charge in [0.1, 0.15) is 20.2 Å². The lowest BCUT2D eigenvalue weighted by Gasteiger charge is -2.26. The molecule has 2 rings (SSSR count). The fraction of sp³-hybridized carbons (Fsp3) is 0.500. The SMILES string of the molecule is [B]c1ccc(OCCN2CCOCC2)cc1. The monoisotopic (exact) mass is 217 g/mol. The fourth-order valence-corrected chi connectivity index (χ4v) is 1.68. The zero-order valence-electron chi connectivity index (χ0n) is 9.39. The molecule has 1 aliphatic rings. The van der Waals surface area contributed by atoms with Crippen LogP contribution in [-0.2, 0) is 4.74 Å². The van der Waals surface area contributed by atoms with Crippen LogP contribution >= 0.6 is 0 Å². The lowest BCUT2D eigenvalue weighted by Crippen LogP contribution is -2.38. The van der Waals surface area contributed by atoms with Crippen molar-refractivity contribution >= 4 is 13.3 Å². The molecule has 0 aliphatic carbocycles. The summed E-state index contributed by atoms with van der Waals surface area (Å²) in [5.41, 5.74) is 0.764. The summed E-state index contributed by atoms with van der Waals surface area (Å²) in [6.07, 6.45) is 0. The highest BCUT2D eigenvalue weighted by Gasteiger charge is 2.09. The Morgan fingerprint density at radius 1 is 1.19 bits per heavy atom. The van der Waals surface area contributed by atoms with E-state index in [4.69, 9.17) is 17.3 Å². The van der Waals surface area contributed by atoms with Gasteiger partial charge >= 0.3 is 0 Å². The molecule has 2 radical (unpaired) electrons. The quantitative estimate of drug-likeness (QED) is 0.672. The van der Waals surface area contributed by atoms with Gasteiger partial charge in [-0.1, -0.05) is 17.6 Å². The fourth-order valence-electron chi connectivity index (χ4n) is 1.68. The third-order valence-corrected chi connectivity index (χ3v) is 2.66. The summed E-state index contributed by atoms with van der Waals surface area (Å²) in [5.74, 6) is 0.877. The normalized spacial score (nSPS) is 17.2. The van der Waals surface area contributed by atoms with E-state index in [1.807, 2.05) is 24.3 Å².